The van der Waals surface area contributed by atoms with Crippen molar-refractivity contribution in [2.45, 2.75) is 25.7 Å². The van der Waals surface area contributed by atoms with E-state index in [0.29, 0.717) is 0 Å². The number of aromatic carboxylic acids is 1. The predicted octanol–water partition coefficient (Wildman–Crippen LogP) is 1.03. The van der Waals surface area contributed by atoms with Crippen LogP contribution in [0.1, 0.15) is 34.5 Å². The first-order chi connectivity index (χ1) is 8.22. The van der Waals surface area contributed by atoms with Crippen LogP contribution in [0.25, 0.3) is 0 Å². The van der Waals surface area contributed by atoms with Crippen molar-refractivity contribution in [3.63, 3.8) is 0 Å². The molecule has 1 aliphatic carbocycles. The molecule has 0 spiro atoms. The number of aliphatic hydroxyl groups excluding tert-OH is 1. The molecule has 0 atom stereocenters. The van der Waals surface area contributed by atoms with Crippen molar-refractivity contribution in [1.82, 2.24) is 4.98 Å². The second-order valence-corrected chi connectivity index (χ2v) is 4.03. The summed E-state index contributed by atoms with van der Waals surface area (Å²) in [5.74, 6) is -0.925. The number of ether oxygens (including phenoxy) is 1. The largest absolute Gasteiger partial charge is 0.477 e. The standard InChI is InChI=1S/C12H15NO4/c14-5-6-17-11-9(12(15)16)7-8-3-1-2-4-10(8)13-11/h7,14H,1-6H2,(H,15,16). The summed E-state index contributed by atoms with van der Waals surface area (Å²) in [5, 5.41) is 17.8. The highest BCUT2D eigenvalue weighted by molar-refractivity contribution is 5.90. The number of aromatic nitrogens is 1. The lowest BCUT2D eigenvalue weighted by atomic mass is 9.95. The Morgan fingerprint density at radius 3 is 2.88 bits per heavy atom. The van der Waals surface area contributed by atoms with Crippen LogP contribution < -0.4 is 4.74 Å². The van der Waals surface area contributed by atoms with Gasteiger partial charge in [0.1, 0.15) is 12.2 Å². The van der Waals surface area contributed by atoms with Gasteiger partial charge in [0.25, 0.3) is 0 Å². The van der Waals surface area contributed by atoms with Gasteiger partial charge in [-0.05, 0) is 37.3 Å². The molecule has 0 saturated heterocycles. The van der Waals surface area contributed by atoms with Crippen molar-refractivity contribution in [2.75, 3.05) is 13.2 Å². The molecule has 0 saturated carbocycles. The second kappa shape index (κ2) is 5.14. The Morgan fingerprint density at radius 2 is 2.18 bits per heavy atom. The third kappa shape index (κ3) is 2.55. The Bertz CT molecular complexity index is 431. The van der Waals surface area contributed by atoms with Crippen LogP contribution in [-0.2, 0) is 12.8 Å². The molecular formula is C12H15NO4. The van der Waals surface area contributed by atoms with E-state index in [1.807, 2.05) is 0 Å². The Morgan fingerprint density at radius 1 is 1.41 bits per heavy atom. The third-order valence-corrected chi connectivity index (χ3v) is 2.83. The molecule has 1 aliphatic rings. The number of carboxylic acid groups (broad SMARTS) is 1. The molecule has 1 aromatic rings. The number of carbonyl (C=O) groups is 1. The molecule has 92 valence electrons. The van der Waals surface area contributed by atoms with Crippen molar-refractivity contribution in [2.24, 2.45) is 0 Å². The van der Waals surface area contributed by atoms with Gasteiger partial charge in [0.05, 0.1) is 6.61 Å². The van der Waals surface area contributed by atoms with Crippen LogP contribution >= 0.6 is 0 Å². The number of hydrogen-bond donors (Lipinski definition) is 2. The van der Waals surface area contributed by atoms with Gasteiger partial charge in [-0.1, -0.05) is 0 Å². The van der Waals surface area contributed by atoms with E-state index >= 15 is 0 Å². The van der Waals surface area contributed by atoms with Crippen LogP contribution in [0.5, 0.6) is 5.88 Å². The fourth-order valence-electron chi connectivity index (χ4n) is 2.02. The van der Waals surface area contributed by atoms with Gasteiger partial charge >= 0.3 is 5.97 Å². The highest BCUT2D eigenvalue weighted by Crippen LogP contribution is 2.25. The highest BCUT2D eigenvalue weighted by Gasteiger charge is 2.19. The van der Waals surface area contributed by atoms with E-state index in [9.17, 15) is 4.79 Å². The van der Waals surface area contributed by atoms with E-state index in [2.05, 4.69) is 4.98 Å². The number of fused-ring (bicyclic) bond motifs is 1. The van der Waals surface area contributed by atoms with Crippen LogP contribution in [0.2, 0.25) is 0 Å². The number of nitrogens with zero attached hydrogens (tertiary/aromatic N) is 1. The maximum absolute atomic E-state index is 11.1. The van der Waals surface area contributed by atoms with E-state index in [-0.39, 0.29) is 24.7 Å². The summed E-state index contributed by atoms with van der Waals surface area (Å²) in [7, 11) is 0. The molecule has 17 heavy (non-hydrogen) atoms. The van der Waals surface area contributed by atoms with E-state index in [4.69, 9.17) is 14.9 Å². The summed E-state index contributed by atoms with van der Waals surface area (Å²) in [4.78, 5) is 15.3. The van der Waals surface area contributed by atoms with Gasteiger partial charge in [-0.3, -0.25) is 0 Å². The zero-order valence-electron chi connectivity index (χ0n) is 9.48. The van der Waals surface area contributed by atoms with Gasteiger partial charge in [-0.15, -0.1) is 0 Å². The number of aliphatic hydroxyl groups is 1. The molecule has 2 N–H and O–H groups in total. The van der Waals surface area contributed by atoms with Gasteiger partial charge in [0.2, 0.25) is 5.88 Å². The highest BCUT2D eigenvalue weighted by atomic mass is 16.5. The predicted molar refractivity (Wildman–Crippen MR) is 60.4 cm³/mol. The molecule has 5 nitrogen and oxygen atoms in total. The van der Waals surface area contributed by atoms with Gasteiger partial charge in [0, 0.05) is 5.69 Å². The Balaban J connectivity index is 2.37. The first-order valence-electron chi connectivity index (χ1n) is 5.72. The molecular weight excluding hydrogens is 222 g/mol. The number of aryl methyl sites for hydroxylation is 2. The van der Waals surface area contributed by atoms with Crippen molar-refractivity contribution < 1.29 is 19.7 Å². The van der Waals surface area contributed by atoms with Crippen LogP contribution in [0.3, 0.4) is 0 Å². The minimum Gasteiger partial charge on any atom is -0.477 e. The van der Waals surface area contributed by atoms with Crippen LogP contribution in [0.4, 0.5) is 0 Å². The zero-order valence-corrected chi connectivity index (χ0v) is 9.48. The molecule has 0 aromatic carbocycles. The average molecular weight is 237 g/mol. The summed E-state index contributed by atoms with van der Waals surface area (Å²) in [6, 6.07) is 1.65. The molecule has 0 aliphatic heterocycles. The molecule has 1 aromatic heterocycles. The monoisotopic (exact) mass is 237 g/mol. The molecule has 0 unspecified atom stereocenters. The second-order valence-electron chi connectivity index (χ2n) is 4.03. The molecule has 0 radical (unpaired) electrons. The van der Waals surface area contributed by atoms with Crippen molar-refractivity contribution in [3.8, 4) is 5.88 Å². The van der Waals surface area contributed by atoms with E-state index in [0.717, 1.165) is 36.9 Å². The lowest BCUT2D eigenvalue weighted by Gasteiger charge is -2.17. The molecule has 1 heterocycles. The lowest BCUT2D eigenvalue weighted by molar-refractivity contribution is 0.0689. The maximum atomic E-state index is 11.1. The van der Waals surface area contributed by atoms with Crippen molar-refractivity contribution in [3.05, 3.63) is 22.9 Å². The smallest absolute Gasteiger partial charge is 0.341 e. The fourth-order valence-corrected chi connectivity index (χ4v) is 2.02. The first kappa shape index (κ1) is 11.9. The quantitative estimate of drug-likeness (QED) is 0.817. The summed E-state index contributed by atoms with van der Waals surface area (Å²) in [5.41, 5.74) is 2.01. The van der Waals surface area contributed by atoms with Gasteiger partial charge < -0.3 is 14.9 Å². The van der Waals surface area contributed by atoms with Crippen molar-refractivity contribution in [1.29, 1.82) is 0 Å². The number of rotatable bonds is 4. The van der Waals surface area contributed by atoms with E-state index < -0.39 is 5.97 Å². The van der Waals surface area contributed by atoms with Crippen LogP contribution in [0, 0.1) is 0 Å². The lowest BCUT2D eigenvalue weighted by Crippen LogP contribution is -2.13. The molecule has 2 rings (SSSR count). The first-order valence-corrected chi connectivity index (χ1v) is 5.72. The zero-order chi connectivity index (χ0) is 12.3. The number of carboxylic acids is 1. The minimum atomic E-state index is -1.04. The van der Waals surface area contributed by atoms with E-state index in [1.165, 1.54) is 0 Å². The molecule has 0 bridgehead atoms. The molecule has 5 heteroatoms. The van der Waals surface area contributed by atoms with Crippen LogP contribution in [0.15, 0.2) is 6.07 Å². The van der Waals surface area contributed by atoms with Crippen molar-refractivity contribution >= 4 is 5.97 Å². The third-order valence-electron chi connectivity index (χ3n) is 2.83. The van der Waals surface area contributed by atoms with Crippen LogP contribution in [-0.4, -0.2) is 34.4 Å². The number of pyridine rings is 1. The molecule has 0 amide bonds. The summed E-state index contributed by atoms with van der Waals surface area (Å²) in [6.45, 7) is -0.0934. The normalized spacial score (nSPS) is 14.2. The summed E-state index contributed by atoms with van der Waals surface area (Å²) < 4.78 is 5.17. The Labute approximate surface area is 99.1 Å². The Hall–Kier alpha value is -1.62. The summed E-state index contributed by atoms with van der Waals surface area (Å²) >= 11 is 0. The maximum Gasteiger partial charge on any atom is 0.341 e. The van der Waals surface area contributed by atoms with Gasteiger partial charge in [-0.25, -0.2) is 9.78 Å². The fraction of sp³-hybridized carbons (Fsp3) is 0.500. The SMILES string of the molecule is O=C(O)c1cc2c(nc1OCCO)CCCC2. The van der Waals surface area contributed by atoms with E-state index in [1.54, 1.807) is 6.07 Å². The van der Waals surface area contributed by atoms with Gasteiger partial charge in [-0.2, -0.15) is 0 Å². The average Bonchev–Trinajstić information content (AvgIpc) is 2.35. The minimum absolute atomic E-state index is 0.0616. The Kier molecular flexibility index (Phi) is 3.58. The molecule has 0 fully saturated rings. The van der Waals surface area contributed by atoms with Gasteiger partial charge in [0.15, 0.2) is 0 Å². The summed E-state index contributed by atoms with van der Waals surface area (Å²) in [6.07, 6.45) is 3.89. The number of hydrogen-bond acceptors (Lipinski definition) is 4. The topological polar surface area (TPSA) is 79.7 Å².